The van der Waals surface area contributed by atoms with E-state index in [1.54, 1.807) is 22.1 Å². The Hall–Kier alpha value is -1.95. The minimum absolute atomic E-state index is 0.0195. The third kappa shape index (κ3) is 2.31. The molecule has 0 fully saturated rings. The lowest BCUT2D eigenvalue weighted by atomic mass is 10.3. The second-order valence-corrected chi connectivity index (χ2v) is 5.25. The number of aryl methyl sites for hydroxylation is 1. The molecule has 3 rings (SSSR count). The number of fused-ring (bicyclic) bond motifs is 1. The molecule has 6 heteroatoms. The third-order valence-corrected chi connectivity index (χ3v) is 3.76. The molecule has 3 heterocycles. The smallest absolute Gasteiger partial charge is 0.259 e. The van der Waals surface area contributed by atoms with E-state index in [0.717, 1.165) is 22.9 Å². The highest BCUT2D eigenvalue weighted by Crippen LogP contribution is 2.16. The van der Waals surface area contributed by atoms with Crippen LogP contribution >= 0.6 is 11.3 Å². The maximum absolute atomic E-state index is 12.2. The molecule has 98 valence electrons. The number of hydrogen-bond acceptors (Lipinski definition) is 5. The Kier molecular flexibility index (Phi) is 3.16. The zero-order valence-corrected chi connectivity index (χ0v) is 11.3. The van der Waals surface area contributed by atoms with E-state index in [0.29, 0.717) is 18.3 Å². The van der Waals surface area contributed by atoms with E-state index in [-0.39, 0.29) is 5.56 Å². The number of rotatable bonds is 4. The van der Waals surface area contributed by atoms with Gasteiger partial charge in [0.15, 0.2) is 5.82 Å². The van der Waals surface area contributed by atoms with Gasteiger partial charge in [0, 0.05) is 17.3 Å². The van der Waals surface area contributed by atoms with E-state index < -0.39 is 0 Å². The van der Waals surface area contributed by atoms with Crippen LogP contribution in [0.5, 0.6) is 0 Å². The van der Waals surface area contributed by atoms with Crippen LogP contribution in [-0.2, 0) is 13.0 Å². The average Bonchev–Trinajstić information content (AvgIpc) is 3.03. The van der Waals surface area contributed by atoms with Crippen LogP contribution in [0.15, 0.2) is 33.0 Å². The Labute approximate surface area is 113 Å². The van der Waals surface area contributed by atoms with Gasteiger partial charge < -0.3 is 9.09 Å². The highest BCUT2D eigenvalue weighted by Gasteiger charge is 2.09. The number of pyridine rings is 1. The molecule has 0 spiro atoms. The van der Waals surface area contributed by atoms with Gasteiger partial charge in [0.2, 0.25) is 5.89 Å². The molecule has 0 bridgehead atoms. The second-order valence-electron chi connectivity index (χ2n) is 4.30. The Morgan fingerprint density at radius 3 is 3.16 bits per heavy atom. The number of aromatic nitrogens is 3. The van der Waals surface area contributed by atoms with Gasteiger partial charge in [-0.1, -0.05) is 12.1 Å². The molecule has 5 nitrogen and oxygen atoms in total. The molecule has 19 heavy (non-hydrogen) atoms. The molecule has 3 aromatic heterocycles. The maximum Gasteiger partial charge on any atom is 0.259 e. The van der Waals surface area contributed by atoms with Crippen LogP contribution in [0, 0.1) is 0 Å². The molecule has 0 aliphatic heterocycles. The summed E-state index contributed by atoms with van der Waals surface area (Å²) in [6, 6.07) is 3.78. The minimum atomic E-state index is -0.0195. The summed E-state index contributed by atoms with van der Waals surface area (Å²) in [5.74, 6) is 1.17. The van der Waals surface area contributed by atoms with Crippen molar-refractivity contribution in [2.75, 3.05) is 0 Å². The number of thiophene rings is 1. The van der Waals surface area contributed by atoms with E-state index in [2.05, 4.69) is 17.1 Å². The molecule has 0 aromatic carbocycles. The standard InChI is InChI=1S/C13H13N3O2S/c1-2-3-11-14-12(18-15-11)8-16-6-4-10-9(13(16)17)5-7-19-10/h4-7H,2-3,8H2,1H3. The lowest BCUT2D eigenvalue weighted by molar-refractivity contribution is 0.365. The Morgan fingerprint density at radius 2 is 2.32 bits per heavy atom. The zero-order valence-electron chi connectivity index (χ0n) is 10.5. The number of nitrogens with zero attached hydrogens (tertiary/aromatic N) is 3. The molecule has 0 saturated heterocycles. The summed E-state index contributed by atoms with van der Waals surface area (Å²) in [6.07, 6.45) is 3.53. The topological polar surface area (TPSA) is 60.9 Å². The van der Waals surface area contributed by atoms with Gasteiger partial charge in [-0.15, -0.1) is 11.3 Å². The zero-order chi connectivity index (χ0) is 13.2. The molecule has 0 radical (unpaired) electrons. The summed E-state index contributed by atoms with van der Waals surface area (Å²) < 4.78 is 7.75. The fourth-order valence-corrected chi connectivity index (χ4v) is 2.73. The van der Waals surface area contributed by atoms with Gasteiger partial charge in [0.05, 0.1) is 5.39 Å². The Balaban J connectivity index is 1.91. The van der Waals surface area contributed by atoms with E-state index in [1.807, 2.05) is 17.5 Å². The van der Waals surface area contributed by atoms with Crippen LogP contribution in [0.3, 0.4) is 0 Å². The summed E-state index contributed by atoms with van der Waals surface area (Å²) in [6.45, 7) is 2.38. The van der Waals surface area contributed by atoms with Crippen molar-refractivity contribution in [3.63, 3.8) is 0 Å². The fraction of sp³-hybridized carbons (Fsp3) is 0.308. The fourth-order valence-electron chi connectivity index (χ4n) is 1.96. The van der Waals surface area contributed by atoms with Crippen LogP contribution in [0.1, 0.15) is 25.1 Å². The largest absolute Gasteiger partial charge is 0.337 e. The summed E-state index contributed by atoms with van der Waals surface area (Å²) >= 11 is 1.56. The number of hydrogen-bond donors (Lipinski definition) is 0. The van der Waals surface area contributed by atoms with Crippen molar-refractivity contribution in [3.8, 4) is 0 Å². The normalized spacial score (nSPS) is 11.2. The second kappa shape index (κ2) is 4.97. The molecule has 0 aliphatic rings. The summed E-state index contributed by atoms with van der Waals surface area (Å²) in [4.78, 5) is 16.5. The molecular weight excluding hydrogens is 262 g/mol. The lowest BCUT2D eigenvalue weighted by Crippen LogP contribution is -2.19. The predicted octanol–water partition coefficient (Wildman–Crippen LogP) is 2.45. The van der Waals surface area contributed by atoms with Crippen molar-refractivity contribution in [3.05, 3.63) is 45.8 Å². The summed E-state index contributed by atoms with van der Waals surface area (Å²) in [5, 5.41) is 6.54. The van der Waals surface area contributed by atoms with Crippen LogP contribution in [0.25, 0.3) is 10.1 Å². The predicted molar refractivity (Wildman–Crippen MR) is 73.5 cm³/mol. The van der Waals surface area contributed by atoms with Crippen LogP contribution < -0.4 is 5.56 Å². The van der Waals surface area contributed by atoms with Crippen molar-refractivity contribution >= 4 is 21.4 Å². The Bertz CT molecular complexity index is 756. The highest BCUT2D eigenvalue weighted by atomic mass is 32.1. The third-order valence-electron chi connectivity index (χ3n) is 2.88. The van der Waals surface area contributed by atoms with Gasteiger partial charge in [-0.05, 0) is 23.9 Å². The van der Waals surface area contributed by atoms with E-state index in [9.17, 15) is 4.79 Å². The molecule has 0 amide bonds. The minimum Gasteiger partial charge on any atom is -0.337 e. The van der Waals surface area contributed by atoms with Crippen LogP contribution in [-0.4, -0.2) is 14.7 Å². The van der Waals surface area contributed by atoms with Crippen LogP contribution in [0.4, 0.5) is 0 Å². The van der Waals surface area contributed by atoms with Gasteiger partial charge in [-0.25, -0.2) is 0 Å². The monoisotopic (exact) mass is 275 g/mol. The van der Waals surface area contributed by atoms with Crippen LogP contribution in [0.2, 0.25) is 0 Å². The molecule has 0 N–H and O–H groups in total. The van der Waals surface area contributed by atoms with Crippen molar-refractivity contribution in [1.82, 2.24) is 14.7 Å². The SMILES string of the molecule is CCCc1noc(Cn2ccc3sccc3c2=O)n1. The quantitative estimate of drug-likeness (QED) is 0.733. The lowest BCUT2D eigenvalue weighted by Gasteiger charge is -2.01. The van der Waals surface area contributed by atoms with Crippen molar-refractivity contribution in [2.45, 2.75) is 26.3 Å². The first-order valence-electron chi connectivity index (χ1n) is 6.16. The first-order chi connectivity index (χ1) is 9.28. The van der Waals surface area contributed by atoms with Gasteiger partial charge in [-0.2, -0.15) is 4.98 Å². The highest BCUT2D eigenvalue weighted by molar-refractivity contribution is 7.17. The van der Waals surface area contributed by atoms with Gasteiger partial charge in [0.25, 0.3) is 5.56 Å². The van der Waals surface area contributed by atoms with E-state index >= 15 is 0 Å². The van der Waals surface area contributed by atoms with Crippen molar-refractivity contribution in [2.24, 2.45) is 0 Å². The molecule has 0 aliphatic carbocycles. The first-order valence-corrected chi connectivity index (χ1v) is 7.04. The molecule has 0 unspecified atom stereocenters. The molecule has 0 saturated carbocycles. The van der Waals surface area contributed by atoms with E-state index in [1.165, 1.54) is 0 Å². The van der Waals surface area contributed by atoms with Crippen molar-refractivity contribution in [1.29, 1.82) is 0 Å². The first kappa shape index (κ1) is 12.1. The maximum atomic E-state index is 12.2. The molecule has 3 aromatic rings. The summed E-state index contributed by atoms with van der Waals surface area (Å²) in [7, 11) is 0. The van der Waals surface area contributed by atoms with E-state index in [4.69, 9.17) is 4.52 Å². The van der Waals surface area contributed by atoms with Gasteiger partial charge in [0.1, 0.15) is 6.54 Å². The molecular formula is C13H13N3O2S. The molecule has 0 atom stereocenters. The summed E-state index contributed by atoms with van der Waals surface area (Å²) in [5.41, 5.74) is -0.0195. The van der Waals surface area contributed by atoms with Gasteiger partial charge in [-0.3, -0.25) is 4.79 Å². The Morgan fingerprint density at radius 1 is 1.42 bits per heavy atom. The van der Waals surface area contributed by atoms with Gasteiger partial charge >= 0.3 is 0 Å². The van der Waals surface area contributed by atoms with Crippen molar-refractivity contribution < 1.29 is 4.52 Å². The average molecular weight is 275 g/mol.